The van der Waals surface area contributed by atoms with Crippen LogP contribution >= 0.6 is 43.5 Å². The standard InChI is InChI=1S/C22H22Br2ClN3O2/c1-5-13(4)30-20-14(8-16(25)10-18(20)24)11-26-28-21(12(2)3)27-19-7-6-15(23)9-17(19)22(28)29/h6-13H,5H2,1-4H3/t13-/m1/s1. The molecule has 0 aliphatic rings. The quantitative estimate of drug-likeness (QED) is 0.316. The Morgan fingerprint density at radius 2 is 1.97 bits per heavy atom. The summed E-state index contributed by atoms with van der Waals surface area (Å²) < 4.78 is 8.95. The first-order valence-corrected chi connectivity index (χ1v) is 11.6. The van der Waals surface area contributed by atoms with Gasteiger partial charge in [-0.15, -0.1) is 0 Å². The molecule has 0 N–H and O–H groups in total. The predicted molar refractivity (Wildman–Crippen MR) is 130 cm³/mol. The fourth-order valence-electron chi connectivity index (χ4n) is 2.86. The third kappa shape index (κ3) is 4.95. The predicted octanol–water partition coefficient (Wildman–Crippen LogP) is 6.76. The van der Waals surface area contributed by atoms with Crippen LogP contribution in [-0.2, 0) is 0 Å². The van der Waals surface area contributed by atoms with Crippen molar-refractivity contribution in [1.29, 1.82) is 0 Å². The summed E-state index contributed by atoms with van der Waals surface area (Å²) in [4.78, 5) is 17.9. The van der Waals surface area contributed by atoms with Crippen molar-refractivity contribution in [1.82, 2.24) is 9.66 Å². The second-order valence-corrected chi connectivity index (χ2v) is 9.50. The molecule has 5 nitrogen and oxygen atoms in total. The second kappa shape index (κ2) is 9.62. The number of rotatable bonds is 6. The molecule has 0 radical (unpaired) electrons. The van der Waals surface area contributed by atoms with Gasteiger partial charge in [-0.1, -0.05) is 48.3 Å². The van der Waals surface area contributed by atoms with Crippen LogP contribution in [0.3, 0.4) is 0 Å². The average molecular weight is 556 g/mol. The molecule has 3 rings (SSSR count). The SMILES string of the molecule is CC[C@@H](C)Oc1c(Br)cc(Cl)cc1C=Nn1c(C(C)C)nc2ccc(Br)cc2c1=O. The number of fused-ring (bicyclic) bond motifs is 1. The van der Waals surface area contributed by atoms with Crippen LogP contribution in [-0.4, -0.2) is 22.0 Å². The lowest BCUT2D eigenvalue weighted by molar-refractivity contribution is 0.215. The summed E-state index contributed by atoms with van der Waals surface area (Å²) in [7, 11) is 0. The number of nitrogens with zero attached hydrogens (tertiary/aromatic N) is 3. The highest BCUT2D eigenvalue weighted by Crippen LogP contribution is 2.33. The zero-order valence-electron chi connectivity index (χ0n) is 17.1. The van der Waals surface area contributed by atoms with Crippen molar-refractivity contribution in [2.45, 2.75) is 46.1 Å². The van der Waals surface area contributed by atoms with Crippen LogP contribution in [0.2, 0.25) is 5.02 Å². The third-order valence-electron chi connectivity index (χ3n) is 4.59. The van der Waals surface area contributed by atoms with Crippen molar-refractivity contribution in [3.63, 3.8) is 0 Å². The van der Waals surface area contributed by atoms with Crippen LogP contribution in [0.1, 0.15) is 51.4 Å². The Morgan fingerprint density at radius 1 is 1.23 bits per heavy atom. The van der Waals surface area contributed by atoms with Gasteiger partial charge in [-0.25, -0.2) is 4.98 Å². The van der Waals surface area contributed by atoms with E-state index in [4.69, 9.17) is 16.3 Å². The Morgan fingerprint density at radius 3 is 2.63 bits per heavy atom. The third-order valence-corrected chi connectivity index (χ3v) is 5.89. The summed E-state index contributed by atoms with van der Waals surface area (Å²) in [6.07, 6.45) is 2.46. The van der Waals surface area contributed by atoms with E-state index in [2.05, 4.69) is 48.9 Å². The molecule has 1 heterocycles. The van der Waals surface area contributed by atoms with Crippen molar-refractivity contribution >= 4 is 60.6 Å². The number of hydrogen-bond acceptors (Lipinski definition) is 4. The smallest absolute Gasteiger partial charge is 0.282 e. The number of ether oxygens (including phenoxy) is 1. The normalized spacial score (nSPS) is 12.8. The zero-order chi connectivity index (χ0) is 22.0. The summed E-state index contributed by atoms with van der Waals surface area (Å²) in [5.41, 5.74) is 1.09. The number of halogens is 3. The molecule has 158 valence electrons. The molecule has 0 saturated heterocycles. The summed E-state index contributed by atoms with van der Waals surface area (Å²) in [5, 5.41) is 5.53. The van der Waals surface area contributed by atoms with Gasteiger partial charge in [-0.3, -0.25) is 4.79 Å². The van der Waals surface area contributed by atoms with Crippen LogP contribution in [0.4, 0.5) is 0 Å². The van der Waals surface area contributed by atoms with Gasteiger partial charge in [-0.2, -0.15) is 9.78 Å². The van der Waals surface area contributed by atoms with E-state index in [-0.39, 0.29) is 17.6 Å². The summed E-state index contributed by atoms with van der Waals surface area (Å²) in [6, 6.07) is 8.99. The fraction of sp³-hybridized carbons (Fsp3) is 0.318. The van der Waals surface area contributed by atoms with E-state index in [1.807, 2.05) is 32.9 Å². The largest absolute Gasteiger partial charge is 0.489 e. The van der Waals surface area contributed by atoms with Crippen LogP contribution in [0.15, 0.2) is 49.2 Å². The van der Waals surface area contributed by atoms with E-state index in [1.165, 1.54) is 4.68 Å². The molecule has 0 aliphatic carbocycles. The van der Waals surface area contributed by atoms with Crippen molar-refractivity contribution in [3.05, 3.63) is 66.0 Å². The van der Waals surface area contributed by atoms with Crippen molar-refractivity contribution in [3.8, 4) is 5.75 Å². The lowest BCUT2D eigenvalue weighted by Crippen LogP contribution is -2.23. The lowest BCUT2D eigenvalue weighted by Gasteiger charge is -2.17. The molecular weight excluding hydrogens is 534 g/mol. The topological polar surface area (TPSA) is 56.5 Å². The second-order valence-electron chi connectivity index (χ2n) is 7.29. The summed E-state index contributed by atoms with van der Waals surface area (Å²) in [6.45, 7) is 8.00. The van der Waals surface area contributed by atoms with Gasteiger partial charge in [0, 0.05) is 21.0 Å². The van der Waals surface area contributed by atoms with Gasteiger partial charge in [-0.05, 0) is 59.6 Å². The molecule has 1 atom stereocenters. The van der Waals surface area contributed by atoms with Gasteiger partial charge < -0.3 is 4.74 Å². The molecule has 0 bridgehead atoms. The highest BCUT2D eigenvalue weighted by Gasteiger charge is 2.15. The van der Waals surface area contributed by atoms with E-state index >= 15 is 0 Å². The van der Waals surface area contributed by atoms with E-state index in [1.54, 1.807) is 24.4 Å². The first-order chi connectivity index (χ1) is 14.2. The molecule has 0 spiro atoms. The minimum absolute atomic E-state index is 0.00447. The maximum Gasteiger partial charge on any atom is 0.282 e. The van der Waals surface area contributed by atoms with Gasteiger partial charge in [0.05, 0.1) is 27.7 Å². The molecule has 0 fully saturated rings. The zero-order valence-corrected chi connectivity index (χ0v) is 21.0. The maximum absolute atomic E-state index is 13.2. The Hall–Kier alpha value is -1.70. The highest BCUT2D eigenvalue weighted by atomic mass is 79.9. The Kier molecular flexibility index (Phi) is 7.37. The average Bonchev–Trinajstić information content (AvgIpc) is 2.69. The van der Waals surface area contributed by atoms with Gasteiger partial charge in [0.15, 0.2) is 0 Å². The van der Waals surface area contributed by atoms with Crippen molar-refractivity contribution < 1.29 is 4.74 Å². The summed E-state index contributed by atoms with van der Waals surface area (Å²) in [5.74, 6) is 1.22. The van der Waals surface area contributed by atoms with E-state index in [0.29, 0.717) is 33.1 Å². The number of aromatic nitrogens is 2. The minimum atomic E-state index is -0.230. The molecule has 2 aromatic carbocycles. The molecule has 0 saturated carbocycles. The first-order valence-electron chi connectivity index (χ1n) is 9.63. The van der Waals surface area contributed by atoms with Crippen LogP contribution in [0, 0.1) is 0 Å². The van der Waals surface area contributed by atoms with Crippen LogP contribution < -0.4 is 10.3 Å². The molecule has 30 heavy (non-hydrogen) atoms. The lowest BCUT2D eigenvalue weighted by atomic mass is 10.2. The summed E-state index contributed by atoms with van der Waals surface area (Å²) >= 11 is 13.2. The van der Waals surface area contributed by atoms with Crippen molar-refractivity contribution in [2.24, 2.45) is 5.10 Å². The van der Waals surface area contributed by atoms with Crippen LogP contribution in [0.25, 0.3) is 10.9 Å². The molecule has 0 unspecified atom stereocenters. The highest BCUT2D eigenvalue weighted by molar-refractivity contribution is 9.10. The van der Waals surface area contributed by atoms with Gasteiger partial charge in [0.25, 0.3) is 5.56 Å². The van der Waals surface area contributed by atoms with Gasteiger partial charge >= 0.3 is 0 Å². The monoisotopic (exact) mass is 553 g/mol. The number of hydrogen-bond donors (Lipinski definition) is 0. The number of benzene rings is 2. The Labute approximate surface area is 197 Å². The Balaban J connectivity index is 2.18. The molecule has 8 heteroatoms. The Bertz CT molecular complexity index is 1180. The van der Waals surface area contributed by atoms with E-state index in [9.17, 15) is 4.79 Å². The first kappa shape index (κ1) is 23.0. The molecule has 0 amide bonds. The molecule has 1 aromatic heterocycles. The van der Waals surface area contributed by atoms with E-state index in [0.717, 1.165) is 15.4 Å². The molecular formula is C22H22Br2ClN3O2. The fourth-order valence-corrected chi connectivity index (χ4v) is 4.14. The van der Waals surface area contributed by atoms with E-state index < -0.39 is 0 Å². The van der Waals surface area contributed by atoms with Gasteiger partial charge in [0.1, 0.15) is 11.6 Å². The van der Waals surface area contributed by atoms with Crippen molar-refractivity contribution in [2.75, 3.05) is 0 Å². The molecule has 0 aliphatic heterocycles. The van der Waals surface area contributed by atoms with Crippen LogP contribution in [0.5, 0.6) is 5.75 Å². The van der Waals surface area contributed by atoms with Gasteiger partial charge in [0.2, 0.25) is 0 Å². The minimum Gasteiger partial charge on any atom is -0.489 e. The maximum atomic E-state index is 13.2. The molecule has 3 aromatic rings.